The maximum absolute atomic E-state index is 8.88. The molecule has 0 aromatic carbocycles. The minimum absolute atomic E-state index is 0. The molecule has 2 N–H and O–H groups in total. The van der Waals surface area contributed by atoms with Crippen molar-refractivity contribution in [3.05, 3.63) is 63.6 Å². The van der Waals surface area contributed by atoms with E-state index < -0.39 is 0 Å². The van der Waals surface area contributed by atoms with Crippen molar-refractivity contribution >= 4 is 0 Å². The van der Waals surface area contributed by atoms with Crippen LogP contribution < -0.4 is 0 Å². The van der Waals surface area contributed by atoms with Gasteiger partial charge in [0.15, 0.2) is 0 Å². The predicted molar refractivity (Wildman–Crippen MR) is 168 cm³/mol. The molecular formula is C29H62N6O4Pt2-6. The van der Waals surface area contributed by atoms with E-state index in [1.165, 1.54) is 25.7 Å². The molecule has 2 fully saturated rings. The van der Waals surface area contributed by atoms with Gasteiger partial charge in [-0.3, -0.25) is 0 Å². The molecule has 0 aliphatic carbocycles. The Bertz CT molecular complexity index is 478. The Morgan fingerprint density at radius 3 is 1.20 bits per heavy atom. The quantitative estimate of drug-likeness (QED) is 0.237. The van der Waals surface area contributed by atoms with E-state index in [1.807, 2.05) is 49.9 Å². The first-order valence-electron chi connectivity index (χ1n) is 14.0. The molecule has 0 aromatic rings. The van der Waals surface area contributed by atoms with Crippen LogP contribution in [0, 0.1) is 28.2 Å². The first-order valence-corrected chi connectivity index (χ1v) is 14.0. The number of unbranched alkanes of at least 4 members (excludes halogenated alkanes) is 3. The topological polar surface area (TPSA) is 100 Å². The average molecular weight is 949 g/mol. The Balaban J connectivity index is -0.000000189. The number of ether oxygens (including phenoxy) is 2. The standard InChI is InChI=1S/C16H28N4O2.C4H8NO.C3H6NO.2C2H6.2CH3.2Pt.2H/c21-13-11-19-9-7-17(15-19)5-3-1-2-4-6-18-8-10-20(16-18)12-14-22;1-3-6-4-2-5-1;1-2-5-3-4-1;2*1-2;;;;;;/h7-10,15-16,21-22H,1-6,11-14H2;1-4H2;1-3H2;2*1-2H3;2*1H3;;;;/q-2;2*-1;;;2*-1;;;;. The van der Waals surface area contributed by atoms with Crippen molar-refractivity contribution in [2.45, 2.75) is 53.4 Å². The molecule has 4 rings (SSSR count). The van der Waals surface area contributed by atoms with Crippen LogP contribution in [0.15, 0.2) is 24.8 Å². The number of hydrogen-bond donors (Lipinski definition) is 2. The first kappa shape index (κ1) is 50.4. The van der Waals surface area contributed by atoms with Gasteiger partial charge in [-0.05, 0) is 57.5 Å². The van der Waals surface area contributed by atoms with E-state index in [2.05, 4.69) is 46.2 Å². The molecule has 2 saturated heterocycles. The summed E-state index contributed by atoms with van der Waals surface area (Å²) in [4.78, 5) is 8.38. The number of nitrogens with zero attached hydrogens (tertiary/aromatic N) is 6. The third kappa shape index (κ3) is 29.7. The molecule has 41 heavy (non-hydrogen) atoms. The fourth-order valence-corrected chi connectivity index (χ4v) is 3.37. The Morgan fingerprint density at radius 2 is 0.951 bits per heavy atom. The average Bonchev–Trinajstić information content (AvgIpc) is 3.75. The van der Waals surface area contributed by atoms with Crippen molar-refractivity contribution < 1.29 is 61.8 Å². The van der Waals surface area contributed by atoms with Crippen molar-refractivity contribution in [2.75, 3.05) is 85.6 Å². The summed E-state index contributed by atoms with van der Waals surface area (Å²) in [5, 5.41) is 25.7. The van der Waals surface area contributed by atoms with Crippen molar-refractivity contribution in [2.24, 2.45) is 0 Å². The summed E-state index contributed by atoms with van der Waals surface area (Å²) in [5.41, 5.74) is 0. The van der Waals surface area contributed by atoms with E-state index >= 15 is 0 Å². The van der Waals surface area contributed by atoms with E-state index in [-0.39, 0.29) is 70.2 Å². The molecule has 12 heteroatoms. The maximum atomic E-state index is 8.88. The number of rotatable bonds is 11. The zero-order valence-corrected chi connectivity index (χ0v) is 31.3. The second kappa shape index (κ2) is 39.8. The molecule has 0 amide bonds. The van der Waals surface area contributed by atoms with Gasteiger partial charge in [-0.2, -0.15) is 13.3 Å². The van der Waals surface area contributed by atoms with Crippen molar-refractivity contribution in [3.8, 4) is 0 Å². The van der Waals surface area contributed by atoms with Gasteiger partial charge in [0.1, 0.15) is 0 Å². The molecule has 0 saturated carbocycles. The zero-order valence-electron chi connectivity index (χ0n) is 26.5. The molecule has 4 heterocycles. The number of morpholine rings is 1. The summed E-state index contributed by atoms with van der Waals surface area (Å²) in [5.74, 6) is 0. The monoisotopic (exact) mass is 948 g/mol. The Labute approximate surface area is 282 Å². The molecule has 4 aliphatic heterocycles. The Kier molecular flexibility index (Phi) is 49.0. The Morgan fingerprint density at radius 1 is 0.585 bits per heavy atom. The SMILES string of the molecule is C1COCC[N-]1.C1COC[N-]1.CC.CC.OCCN1C=CN(CCCCCCN2C=CN(CCO)[CH-]2)[CH-]1.[CH3-].[CH3-].[PtH].[PtH]. The van der Waals surface area contributed by atoms with E-state index in [4.69, 9.17) is 19.7 Å². The molecule has 0 aromatic heterocycles. The predicted octanol–water partition coefficient (Wildman–Crippen LogP) is 4.10. The summed E-state index contributed by atoms with van der Waals surface area (Å²) in [7, 11) is 0. The summed E-state index contributed by atoms with van der Waals surface area (Å²) in [6, 6.07) is 0. The molecule has 0 radical (unpaired) electrons. The minimum atomic E-state index is 0. The number of β-amino-alcohol motifs (C(OH)–C–C–N with tert-alkyl or cyclic N) is 2. The van der Waals surface area contributed by atoms with Crippen molar-refractivity contribution in [1.29, 1.82) is 0 Å². The summed E-state index contributed by atoms with van der Waals surface area (Å²) in [6.45, 7) is 21.7. The number of aliphatic hydroxyl groups is 2. The van der Waals surface area contributed by atoms with Crippen LogP contribution in [0.3, 0.4) is 0 Å². The number of hydrogen-bond acceptors (Lipinski definition) is 8. The molecule has 258 valence electrons. The van der Waals surface area contributed by atoms with E-state index in [1.54, 1.807) is 0 Å². The van der Waals surface area contributed by atoms with Crippen LogP contribution in [0.2, 0.25) is 0 Å². The van der Waals surface area contributed by atoms with Gasteiger partial charge in [-0.25, -0.2) is 0 Å². The summed E-state index contributed by atoms with van der Waals surface area (Å²) < 4.78 is 9.75. The molecule has 0 spiro atoms. The van der Waals surface area contributed by atoms with Gasteiger partial charge in [0, 0.05) is 32.9 Å². The van der Waals surface area contributed by atoms with Gasteiger partial charge in [0.05, 0.1) is 13.2 Å². The third-order valence-electron chi connectivity index (χ3n) is 5.16. The second-order valence-corrected chi connectivity index (χ2v) is 7.91. The van der Waals surface area contributed by atoms with Crippen LogP contribution in [-0.2, 0) is 51.6 Å². The van der Waals surface area contributed by atoms with E-state index in [0.717, 1.165) is 52.5 Å². The Hall–Kier alpha value is -0.183. The molecule has 4 aliphatic rings. The number of aliphatic hydroxyl groups excluding tert-OH is 2. The van der Waals surface area contributed by atoms with Crippen molar-refractivity contribution in [3.63, 3.8) is 0 Å². The molecule has 0 unspecified atom stereocenters. The van der Waals surface area contributed by atoms with Gasteiger partial charge >= 0.3 is 42.1 Å². The molecule has 0 bridgehead atoms. The molecule has 0 atom stereocenters. The van der Waals surface area contributed by atoms with Gasteiger partial charge in [-0.15, -0.1) is 19.6 Å². The van der Waals surface area contributed by atoms with Crippen LogP contribution in [0.1, 0.15) is 53.4 Å². The first-order chi connectivity index (χ1) is 18.3. The fraction of sp³-hybridized carbons (Fsp3) is 0.724. The van der Waals surface area contributed by atoms with Crippen LogP contribution in [0.5, 0.6) is 0 Å². The van der Waals surface area contributed by atoms with Gasteiger partial charge < -0.3 is 64.8 Å². The normalized spacial score (nSPS) is 16.0. The molecular weight excluding hydrogens is 887 g/mol. The van der Waals surface area contributed by atoms with Gasteiger partial charge in [0.2, 0.25) is 0 Å². The van der Waals surface area contributed by atoms with Crippen LogP contribution in [0.4, 0.5) is 0 Å². The molecule has 10 nitrogen and oxygen atoms in total. The van der Waals surface area contributed by atoms with E-state index in [9.17, 15) is 0 Å². The third-order valence-corrected chi connectivity index (χ3v) is 5.16. The van der Waals surface area contributed by atoms with Crippen LogP contribution >= 0.6 is 0 Å². The second-order valence-electron chi connectivity index (χ2n) is 7.91. The van der Waals surface area contributed by atoms with Gasteiger partial charge in [0.25, 0.3) is 0 Å². The summed E-state index contributed by atoms with van der Waals surface area (Å²) >= 11 is 0. The van der Waals surface area contributed by atoms with E-state index in [0.29, 0.717) is 19.8 Å². The van der Waals surface area contributed by atoms with Crippen LogP contribution in [0.25, 0.3) is 10.6 Å². The van der Waals surface area contributed by atoms with Gasteiger partial charge in [-0.1, -0.05) is 40.5 Å². The summed E-state index contributed by atoms with van der Waals surface area (Å²) in [6.07, 6.45) is 13.0. The van der Waals surface area contributed by atoms with Crippen LogP contribution in [-0.4, -0.2) is 115 Å². The van der Waals surface area contributed by atoms with Crippen molar-refractivity contribution in [1.82, 2.24) is 19.6 Å². The fourth-order valence-electron chi connectivity index (χ4n) is 3.37. The zero-order chi connectivity index (χ0) is 27.4.